The van der Waals surface area contributed by atoms with Gasteiger partial charge in [-0.3, -0.25) is 4.79 Å². The van der Waals surface area contributed by atoms with E-state index in [1.807, 2.05) is 5.32 Å². The van der Waals surface area contributed by atoms with Crippen LogP contribution < -0.4 is 11.1 Å². The Hall–Kier alpha value is -1.60. The number of anilines is 1. The van der Waals surface area contributed by atoms with Gasteiger partial charge < -0.3 is 16.2 Å². The number of carbonyl (C=O) groups excluding carboxylic acids is 1. The summed E-state index contributed by atoms with van der Waals surface area (Å²) < 4.78 is 25.4. The van der Waals surface area contributed by atoms with Crippen molar-refractivity contribution >= 4 is 11.7 Å². The Morgan fingerprint density at radius 3 is 2.87 bits per heavy atom. The van der Waals surface area contributed by atoms with Gasteiger partial charge in [0.05, 0.1) is 12.8 Å². The maximum Gasteiger partial charge on any atom is 0.244 e. The number of aliphatic hydroxyl groups is 1. The predicted molar refractivity (Wildman–Crippen MR) is 47.8 cm³/mol. The molecule has 4 N–H and O–H groups in total. The monoisotopic (exact) mass is 217 g/mol. The second-order valence-corrected chi connectivity index (χ2v) is 2.76. The molecule has 0 aliphatic rings. The van der Waals surface area contributed by atoms with E-state index in [1.165, 1.54) is 0 Å². The van der Waals surface area contributed by atoms with Crippen LogP contribution in [0.3, 0.4) is 0 Å². The van der Waals surface area contributed by atoms with E-state index < -0.39 is 36.0 Å². The standard InChI is InChI=1S/C8H9F2N3O2/c9-4-1-5(10)7(12-2-4)13-8(15)6(11)3-14/h1-2,6,14H,3,11H2,(H,12,13,15)/t6-/m0/s1. The topological polar surface area (TPSA) is 88.2 Å². The highest BCUT2D eigenvalue weighted by atomic mass is 19.1. The fourth-order valence-corrected chi connectivity index (χ4v) is 0.799. The number of aromatic nitrogens is 1. The third kappa shape index (κ3) is 2.93. The number of carbonyl (C=O) groups is 1. The van der Waals surface area contributed by atoms with Crippen LogP contribution in [0.25, 0.3) is 0 Å². The number of hydrogen-bond acceptors (Lipinski definition) is 4. The molecular formula is C8H9F2N3O2. The zero-order valence-electron chi connectivity index (χ0n) is 7.58. The van der Waals surface area contributed by atoms with Crippen molar-refractivity contribution in [1.82, 2.24) is 4.98 Å². The van der Waals surface area contributed by atoms with Crippen LogP contribution in [0.2, 0.25) is 0 Å². The molecule has 1 amide bonds. The zero-order valence-corrected chi connectivity index (χ0v) is 7.58. The SMILES string of the molecule is N[C@@H](CO)C(=O)Nc1ncc(F)cc1F. The van der Waals surface area contributed by atoms with Crippen LogP contribution in [0.4, 0.5) is 14.6 Å². The molecule has 1 aromatic heterocycles. The van der Waals surface area contributed by atoms with Crippen molar-refractivity contribution in [1.29, 1.82) is 0 Å². The van der Waals surface area contributed by atoms with Gasteiger partial charge in [0.25, 0.3) is 0 Å². The normalized spacial score (nSPS) is 12.3. The Morgan fingerprint density at radius 1 is 1.67 bits per heavy atom. The largest absolute Gasteiger partial charge is 0.394 e. The maximum absolute atomic E-state index is 13.0. The summed E-state index contributed by atoms with van der Waals surface area (Å²) in [7, 11) is 0. The second kappa shape index (κ2) is 4.76. The average Bonchev–Trinajstić information content (AvgIpc) is 2.20. The molecule has 1 atom stereocenters. The molecule has 1 heterocycles. The van der Waals surface area contributed by atoms with Crippen molar-refractivity contribution in [3.05, 3.63) is 23.9 Å². The van der Waals surface area contributed by atoms with Crippen LogP contribution in [-0.4, -0.2) is 28.6 Å². The van der Waals surface area contributed by atoms with Gasteiger partial charge in [0, 0.05) is 6.07 Å². The molecule has 7 heteroatoms. The van der Waals surface area contributed by atoms with Gasteiger partial charge in [-0.25, -0.2) is 13.8 Å². The summed E-state index contributed by atoms with van der Waals surface area (Å²) >= 11 is 0. The van der Waals surface area contributed by atoms with E-state index in [-0.39, 0.29) is 0 Å². The highest BCUT2D eigenvalue weighted by Gasteiger charge is 2.15. The van der Waals surface area contributed by atoms with Crippen LogP contribution in [0, 0.1) is 11.6 Å². The lowest BCUT2D eigenvalue weighted by molar-refractivity contribution is -0.118. The van der Waals surface area contributed by atoms with Crippen molar-refractivity contribution in [2.75, 3.05) is 11.9 Å². The first kappa shape index (κ1) is 11.5. The zero-order chi connectivity index (χ0) is 11.4. The first-order valence-electron chi connectivity index (χ1n) is 4.03. The fraction of sp³-hybridized carbons (Fsp3) is 0.250. The lowest BCUT2D eigenvalue weighted by atomic mass is 10.3. The number of aliphatic hydroxyl groups excluding tert-OH is 1. The highest BCUT2D eigenvalue weighted by Crippen LogP contribution is 2.10. The Labute approximate surface area is 83.9 Å². The number of nitrogens with zero attached hydrogens (tertiary/aromatic N) is 1. The van der Waals surface area contributed by atoms with E-state index in [9.17, 15) is 13.6 Å². The van der Waals surface area contributed by atoms with Crippen molar-refractivity contribution < 1.29 is 18.7 Å². The maximum atomic E-state index is 13.0. The lowest BCUT2D eigenvalue weighted by Crippen LogP contribution is -2.38. The summed E-state index contributed by atoms with van der Waals surface area (Å²) in [6, 6.07) is -0.594. The van der Waals surface area contributed by atoms with Gasteiger partial charge in [0.1, 0.15) is 11.9 Å². The lowest BCUT2D eigenvalue weighted by Gasteiger charge is -2.08. The number of amides is 1. The number of nitrogens with one attached hydrogen (secondary N) is 1. The van der Waals surface area contributed by atoms with Gasteiger partial charge in [0.15, 0.2) is 11.6 Å². The molecule has 0 unspecified atom stereocenters. The minimum atomic E-state index is -1.17. The summed E-state index contributed by atoms with van der Waals surface area (Å²) in [5.74, 6) is -3.08. The number of pyridine rings is 1. The van der Waals surface area contributed by atoms with Crippen LogP contribution in [-0.2, 0) is 4.79 Å². The van der Waals surface area contributed by atoms with Crippen LogP contribution in [0.15, 0.2) is 12.3 Å². The van der Waals surface area contributed by atoms with E-state index in [4.69, 9.17) is 10.8 Å². The highest BCUT2D eigenvalue weighted by molar-refractivity contribution is 5.94. The minimum Gasteiger partial charge on any atom is -0.394 e. The Kier molecular flexibility index (Phi) is 3.64. The van der Waals surface area contributed by atoms with Gasteiger partial charge in [-0.1, -0.05) is 0 Å². The Balaban J connectivity index is 2.77. The summed E-state index contributed by atoms with van der Waals surface area (Å²) in [5, 5.41) is 10.5. The number of rotatable bonds is 3. The van der Waals surface area contributed by atoms with E-state index in [2.05, 4.69) is 4.98 Å². The first-order valence-corrected chi connectivity index (χ1v) is 4.03. The summed E-state index contributed by atoms with van der Waals surface area (Å²) in [5.41, 5.74) is 5.16. The molecule has 0 radical (unpaired) electrons. The second-order valence-electron chi connectivity index (χ2n) is 2.76. The summed E-state index contributed by atoms with van der Waals surface area (Å²) in [6.07, 6.45) is 0.753. The van der Waals surface area contributed by atoms with Crippen LogP contribution in [0.1, 0.15) is 0 Å². The molecule has 0 aliphatic heterocycles. The molecule has 1 rings (SSSR count). The molecule has 82 valence electrons. The molecule has 0 aliphatic carbocycles. The summed E-state index contributed by atoms with van der Waals surface area (Å²) in [6.45, 7) is -0.575. The predicted octanol–water partition coefficient (Wildman–Crippen LogP) is -0.382. The fourth-order valence-electron chi connectivity index (χ4n) is 0.799. The molecule has 0 spiro atoms. The molecule has 1 aromatic rings. The molecule has 5 nitrogen and oxygen atoms in total. The smallest absolute Gasteiger partial charge is 0.244 e. The van der Waals surface area contributed by atoms with Gasteiger partial charge in [0.2, 0.25) is 5.91 Å². The van der Waals surface area contributed by atoms with Crippen molar-refractivity contribution in [3.8, 4) is 0 Å². The number of nitrogens with two attached hydrogens (primary N) is 1. The van der Waals surface area contributed by atoms with Crippen molar-refractivity contribution in [3.63, 3.8) is 0 Å². The third-order valence-electron chi connectivity index (χ3n) is 1.58. The molecule has 0 aromatic carbocycles. The molecule has 15 heavy (non-hydrogen) atoms. The first-order chi connectivity index (χ1) is 7.04. The van der Waals surface area contributed by atoms with Gasteiger partial charge >= 0.3 is 0 Å². The molecule has 0 bridgehead atoms. The third-order valence-corrected chi connectivity index (χ3v) is 1.58. The van der Waals surface area contributed by atoms with Crippen LogP contribution >= 0.6 is 0 Å². The molecule has 0 fully saturated rings. The van der Waals surface area contributed by atoms with E-state index in [0.717, 1.165) is 6.20 Å². The quantitative estimate of drug-likeness (QED) is 0.643. The molecule has 0 saturated carbocycles. The Morgan fingerprint density at radius 2 is 2.33 bits per heavy atom. The van der Waals surface area contributed by atoms with Crippen LogP contribution in [0.5, 0.6) is 0 Å². The van der Waals surface area contributed by atoms with Gasteiger partial charge in [-0.05, 0) is 0 Å². The number of hydrogen-bond donors (Lipinski definition) is 3. The van der Waals surface area contributed by atoms with Gasteiger partial charge in [-0.15, -0.1) is 0 Å². The molecule has 0 saturated heterocycles. The van der Waals surface area contributed by atoms with Gasteiger partial charge in [-0.2, -0.15) is 0 Å². The van der Waals surface area contributed by atoms with Crippen molar-refractivity contribution in [2.45, 2.75) is 6.04 Å². The van der Waals surface area contributed by atoms with E-state index in [1.54, 1.807) is 0 Å². The Bertz CT molecular complexity index is 373. The van der Waals surface area contributed by atoms with Crippen molar-refractivity contribution in [2.24, 2.45) is 5.73 Å². The van der Waals surface area contributed by atoms with E-state index in [0.29, 0.717) is 6.07 Å². The molecular weight excluding hydrogens is 208 g/mol. The van der Waals surface area contributed by atoms with E-state index >= 15 is 0 Å². The average molecular weight is 217 g/mol. The summed E-state index contributed by atoms with van der Waals surface area (Å²) in [4.78, 5) is 14.4. The number of halogens is 2. The minimum absolute atomic E-state index is 0.426.